The molecule has 0 amide bonds. The van der Waals surface area contributed by atoms with E-state index in [2.05, 4.69) is 11.5 Å². The number of hydrogen-bond donors (Lipinski definition) is 0. The molecule has 0 saturated carbocycles. The van der Waals surface area contributed by atoms with Gasteiger partial charge in [-0.3, -0.25) is 4.79 Å². The third-order valence-corrected chi connectivity index (χ3v) is 1.95. The zero-order chi connectivity index (χ0) is 7.56. The number of hydrogen-bond acceptors (Lipinski definition) is 2. The summed E-state index contributed by atoms with van der Waals surface area (Å²) in [7, 11) is 2.03. The van der Waals surface area contributed by atoms with Crippen LogP contribution in [0.4, 0.5) is 0 Å². The van der Waals surface area contributed by atoms with Crippen molar-refractivity contribution in [3.63, 3.8) is 0 Å². The monoisotopic (exact) mass is 139 g/mol. The van der Waals surface area contributed by atoms with Crippen molar-refractivity contribution in [2.45, 2.75) is 6.42 Å². The summed E-state index contributed by atoms with van der Waals surface area (Å²) < 4.78 is 0. The largest absolute Gasteiger partial charge is 0.305 e. The number of carbonyl (C=O) groups excluding carboxylic acids is 1. The minimum absolute atomic E-state index is 0.0822. The van der Waals surface area contributed by atoms with E-state index in [-0.39, 0.29) is 5.92 Å². The predicted octanol–water partition coefficient (Wildman–Crippen LogP) is 0.693. The molecule has 2 nitrogen and oxygen atoms in total. The van der Waals surface area contributed by atoms with Gasteiger partial charge in [0.05, 0.1) is 0 Å². The number of nitrogens with zero attached hydrogens (tertiary/aromatic N) is 1. The summed E-state index contributed by atoms with van der Waals surface area (Å²) in [6.07, 6.45) is 2.44. The Hall–Kier alpha value is -0.630. The molecule has 1 atom stereocenters. The van der Waals surface area contributed by atoms with E-state index < -0.39 is 0 Å². The SMILES string of the molecule is C=CC1CN(C)CCC1=O. The highest BCUT2D eigenvalue weighted by molar-refractivity contribution is 5.83. The molecule has 1 fully saturated rings. The molecule has 0 aliphatic carbocycles. The molecule has 2 heteroatoms. The van der Waals surface area contributed by atoms with Crippen LogP contribution in [0.2, 0.25) is 0 Å². The van der Waals surface area contributed by atoms with Crippen LogP contribution in [0.5, 0.6) is 0 Å². The highest BCUT2D eigenvalue weighted by Crippen LogP contribution is 2.11. The summed E-state index contributed by atoms with van der Waals surface area (Å²) in [5.74, 6) is 0.423. The Balaban J connectivity index is 2.53. The van der Waals surface area contributed by atoms with Gasteiger partial charge in [0.2, 0.25) is 0 Å². The molecule has 1 aliphatic rings. The van der Waals surface area contributed by atoms with Gasteiger partial charge >= 0.3 is 0 Å². The van der Waals surface area contributed by atoms with Gasteiger partial charge in [-0.1, -0.05) is 6.08 Å². The number of Topliss-reactive ketones (excluding diaryl/α,β-unsaturated/α-hetero) is 1. The average molecular weight is 139 g/mol. The van der Waals surface area contributed by atoms with Crippen molar-refractivity contribution in [3.05, 3.63) is 12.7 Å². The van der Waals surface area contributed by atoms with E-state index in [1.807, 2.05) is 7.05 Å². The smallest absolute Gasteiger partial charge is 0.142 e. The molecule has 10 heavy (non-hydrogen) atoms. The zero-order valence-electron chi connectivity index (χ0n) is 6.34. The topological polar surface area (TPSA) is 20.3 Å². The molecule has 1 rings (SSSR count). The Morgan fingerprint density at radius 1 is 1.80 bits per heavy atom. The molecule has 1 saturated heterocycles. The molecule has 0 aromatic carbocycles. The lowest BCUT2D eigenvalue weighted by Crippen LogP contribution is -2.37. The third-order valence-electron chi connectivity index (χ3n) is 1.95. The minimum atomic E-state index is 0.0822. The van der Waals surface area contributed by atoms with Gasteiger partial charge in [-0.05, 0) is 7.05 Å². The van der Waals surface area contributed by atoms with Crippen molar-refractivity contribution < 1.29 is 4.79 Å². The second kappa shape index (κ2) is 2.97. The van der Waals surface area contributed by atoms with Crippen LogP contribution in [0.25, 0.3) is 0 Å². The molecule has 0 aromatic heterocycles. The van der Waals surface area contributed by atoms with Gasteiger partial charge in [0, 0.05) is 25.4 Å². The average Bonchev–Trinajstić information content (AvgIpc) is 1.94. The normalized spacial score (nSPS) is 28.5. The molecule has 0 spiro atoms. The van der Waals surface area contributed by atoms with Crippen molar-refractivity contribution >= 4 is 5.78 Å². The van der Waals surface area contributed by atoms with Crippen LogP contribution >= 0.6 is 0 Å². The maximum Gasteiger partial charge on any atom is 0.142 e. The van der Waals surface area contributed by atoms with Crippen molar-refractivity contribution in [1.29, 1.82) is 0 Å². The van der Waals surface area contributed by atoms with Crippen molar-refractivity contribution in [1.82, 2.24) is 4.90 Å². The Kier molecular flexibility index (Phi) is 2.22. The Morgan fingerprint density at radius 3 is 3.00 bits per heavy atom. The predicted molar refractivity (Wildman–Crippen MR) is 40.8 cm³/mol. The molecule has 56 valence electrons. The maximum absolute atomic E-state index is 11.1. The van der Waals surface area contributed by atoms with E-state index in [0.29, 0.717) is 12.2 Å². The maximum atomic E-state index is 11.1. The summed E-state index contributed by atoms with van der Waals surface area (Å²) in [5.41, 5.74) is 0. The van der Waals surface area contributed by atoms with E-state index >= 15 is 0 Å². The first-order chi connectivity index (χ1) is 4.74. The van der Waals surface area contributed by atoms with Gasteiger partial charge in [-0.2, -0.15) is 0 Å². The summed E-state index contributed by atoms with van der Waals surface area (Å²) in [6, 6.07) is 0. The van der Waals surface area contributed by atoms with Crippen LogP contribution in [0.3, 0.4) is 0 Å². The number of piperidine rings is 1. The number of likely N-dealkylation sites (tertiary alicyclic amines) is 1. The molecular weight excluding hydrogens is 126 g/mol. The molecule has 0 aromatic rings. The second-order valence-electron chi connectivity index (χ2n) is 2.82. The van der Waals surface area contributed by atoms with Gasteiger partial charge in [0.25, 0.3) is 0 Å². The first-order valence-corrected chi connectivity index (χ1v) is 3.58. The van der Waals surface area contributed by atoms with Crippen LogP contribution in [-0.2, 0) is 4.79 Å². The molecule has 0 N–H and O–H groups in total. The highest BCUT2D eigenvalue weighted by atomic mass is 16.1. The first-order valence-electron chi connectivity index (χ1n) is 3.58. The van der Waals surface area contributed by atoms with Gasteiger partial charge in [0.1, 0.15) is 5.78 Å². The third kappa shape index (κ3) is 1.45. The number of carbonyl (C=O) groups is 1. The summed E-state index contributed by atoms with van der Waals surface area (Å²) in [4.78, 5) is 13.2. The quantitative estimate of drug-likeness (QED) is 0.498. The second-order valence-corrected chi connectivity index (χ2v) is 2.82. The van der Waals surface area contributed by atoms with Crippen LogP contribution in [0, 0.1) is 5.92 Å². The van der Waals surface area contributed by atoms with Crippen LogP contribution in [-0.4, -0.2) is 30.8 Å². The Bertz CT molecular complexity index is 153. The summed E-state index contributed by atoms with van der Waals surface area (Å²) in [6.45, 7) is 5.38. The lowest BCUT2D eigenvalue weighted by molar-refractivity contribution is -0.124. The van der Waals surface area contributed by atoms with Crippen LogP contribution < -0.4 is 0 Å². The van der Waals surface area contributed by atoms with Gasteiger partial charge < -0.3 is 4.90 Å². The Labute approximate surface area is 61.5 Å². The van der Waals surface area contributed by atoms with Gasteiger partial charge in [-0.15, -0.1) is 6.58 Å². The van der Waals surface area contributed by atoms with Gasteiger partial charge in [0.15, 0.2) is 0 Å². The first kappa shape index (κ1) is 7.48. The standard InChI is InChI=1S/C8H13NO/c1-3-7-6-9(2)5-4-8(7)10/h3,7H,1,4-6H2,2H3. The van der Waals surface area contributed by atoms with Crippen molar-refractivity contribution in [2.24, 2.45) is 5.92 Å². The molecule has 0 bridgehead atoms. The van der Waals surface area contributed by atoms with E-state index in [4.69, 9.17) is 0 Å². The summed E-state index contributed by atoms with van der Waals surface area (Å²) in [5, 5.41) is 0. The Morgan fingerprint density at radius 2 is 2.50 bits per heavy atom. The highest BCUT2D eigenvalue weighted by Gasteiger charge is 2.21. The fourth-order valence-electron chi connectivity index (χ4n) is 1.22. The fourth-order valence-corrected chi connectivity index (χ4v) is 1.22. The molecule has 1 aliphatic heterocycles. The number of rotatable bonds is 1. The van der Waals surface area contributed by atoms with E-state index in [1.54, 1.807) is 6.08 Å². The van der Waals surface area contributed by atoms with Crippen molar-refractivity contribution in [2.75, 3.05) is 20.1 Å². The molecular formula is C8H13NO. The zero-order valence-corrected chi connectivity index (χ0v) is 6.34. The van der Waals surface area contributed by atoms with Crippen molar-refractivity contribution in [3.8, 4) is 0 Å². The number of ketones is 1. The van der Waals surface area contributed by atoms with E-state index in [1.165, 1.54) is 0 Å². The van der Waals surface area contributed by atoms with E-state index in [9.17, 15) is 4.79 Å². The lowest BCUT2D eigenvalue weighted by atomic mass is 9.97. The molecule has 1 unspecified atom stereocenters. The van der Waals surface area contributed by atoms with E-state index in [0.717, 1.165) is 13.1 Å². The van der Waals surface area contributed by atoms with Crippen LogP contribution in [0.1, 0.15) is 6.42 Å². The lowest BCUT2D eigenvalue weighted by Gasteiger charge is -2.26. The van der Waals surface area contributed by atoms with Gasteiger partial charge in [-0.25, -0.2) is 0 Å². The molecule has 0 radical (unpaired) electrons. The fraction of sp³-hybridized carbons (Fsp3) is 0.625. The summed E-state index contributed by atoms with van der Waals surface area (Å²) >= 11 is 0. The molecule has 1 heterocycles. The van der Waals surface area contributed by atoms with Crippen LogP contribution in [0.15, 0.2) is 12.7 Å². The minimum Gasteiger partial charge on any atom is -0.305 e.